The van der Waals surface area contributed by atoms with Crippen molar-refractivity contribution in [3.8, 4) is 0 Å². The minimum atomic E-state index is -0.950. The van der Waals surface area contributed by atoms with E-state index in [4.69, 9.17) is 4.74 Å². The minimum absolute atomic E-state index is 0.184. The first kappa shape index (κ1) is 18.9. The van der Waals surface area contributed by atoms with Gasteiger partial charge in [0, 0.05) is 31.2 Å². The van der Waals surface area contributed by atoms with Gasteiger partial charge in [-0.3, -0.25) is 9.69 Å². The fraction of sp³-hybridized carbons (Fsp3) is 0.389. The molecular formula is C18H23N5O4. The van der Waals surface area contributed by atoms with Gasteiger partial charge in [0.2, 0.25) is 0 Å². The molecule has 2 aromatic rings. The number of aromatic nitrogens is 2. The fourth-order valence-electron chi connectivity index (χ4n) is 3.02. The van der Waals surface area contributed by atoms with Gasteiger partial charge in [0.05, 0.1) is 19.8 Å². The second kappa shape index (κ2) is 8.65. The number of morpholine rings is 1. The lowest BCUT2D eigenvalue weighted by Crippen LogP contribution is -2.43. The summed E-state index contributed by atoms with van der Waals surface area (Å²) in [6.45, 7) is 2.56. The van der Waals surface area contributed by atoms with E-state index in [1.54, 1.807) is 53.5 Å². The van der Waals surface area contributed by atoms with Crippen LogP contribution in [0.1, 0.15) is 17.4 Å². The van der Waals surface area contributed by atoms with Crippen molar-refractivity contribution in [3.63, 3.8) is 0 Å². The van der Waals surface area contributed by atoms with Gasteiger partial charge in [0.25, 0.3) is 0 Å². The van der Waals surface area contributed by atoms with E-state index in [2.05, 4.69) is 15.3 Å². The van der Waals surface area contributed by atoms with Crippen molar-refractivity contribution in [3.05, 3.63) is 48.0 Å². The molecule has 0 spiro atoms. The second-order valence-corrected chi connectivity index (χ2v) is 6.34. The summed E-state index contributed by atoms with van der Waals surface area (Å²) >= 11 is 0. The molecule has 1 atom stereocenters. The van der Waals surface area contributed by atoms with Crippen LogP contribution in [-0.2, 0) is 16.1 Å². The monoisotopic (exact) mass is 373 g/mol. The highest BCUT2D eigenvalue weighted by Crippen LogP contribution is 2.23. The number of carboxylic acids is 1. The van der Waals surface area contributed by atoms with Crippen LogP contribution in [0.25, 0.3) is 0 Å². The molecule has 0 radical (unpaired) electrons. The number of aliphatic carboxylic acids is 1. The molecule has 0 aliphatic carbocycles. The van der Waals surface area contributed by atoms with Gasteiger partial charge < -0.3 is 25.0 Å². The first-order chi connectivity index (χ1) is 13.0. The molecule has 1 aliphatic heterocycles. The van der Waals surface area contributed by atoms with Gasteiger partial charge in [-0.25, -0.2) is 9.78 Å². The van der Waals surface area contributed by atoms with Gasteiger partial charge in [0.1, 0.15) is 11.9 Å². The normalized spacial score (nSPS) is 15.6. The lowest BCUT2D eigenvalue weighted by atomic mass is 10.1. The van der Waals surface area contributed by atoms with E-state index in [0.717, 1.165) is 0 Å². The SMILES string of the molecule is CN(Cc1ncc[nH]1)C(C(=O)O)c1ccc(NC(=O)N2CCOCC2)cc1. The van der Waals surface area contributed by atoms with Crippen molar-refractivity contribution >= 4 is 17.7 Å². The number of nitrogens with zero attached hydrogens (tertiary/aromatic N) is 3. The standard InChI is InChI=1S/C18H23N5O4/c1-22(12-15-19-6-7-20-15)16(17(24)25)13-2-4-14(5-3-13)21-18(26)23-8-10-27-11-9-23/h2-7,16H,8-12H2,1H3,(H,19,20)(H,21,26)(H,24,25). The molecule has 1 aromatic carbocycles. The Morgan fingerprint density at radius 1 is 1.33 bits per heavy atom. The van der Waals surface area contributed by atoms with E-state index in [1.807, 2.05) is 0 Å². The number of rotatable bonds is 6. The summed E-state index contributed by atoms with van der Waals surface area (Å²) in [7, 11) is 1.73. The Bertz CT molecular complexity index is 757. The van der Waals surface area contributed by atoms with Crippen LogP contribution >= 0.6 is 0 Å². The highest BCUT2D eigenvalue weighted by atomic mass is 16.5. The van der Waals surface area contributed by atoms with E-state index in [0.29, 0.717) is 49.9 Å². The number of carbonyl (C=O) groups is 2. The average molecular weight is 373 g/mol. The number of imidazole rings is 1. The van der Waals surface area contributed by atoms with E-state index >= 15 is 0 Å². The predicted molar refractivity (Wildman–Crippen MR) is 98.3 cm³/mol. The number of amides is 2. The van der Waals surface area contributed by atoms with Crippen molar-refractivity contribution < 1.29 is 19.4 Å². The van der Waals surface area contributed by atoms with Crippen molar-refractivity contribution in [1.29, 1.82) is 0 Å². The molecule has 9 nitrogen and oxygen atoms in total. The molecule has 1 aliphatic rings. The number of hydrogen-bond acceptors (Lipinski definition) is 5. The molecule has 3 rings (SSSR count). The number of likely N-dealkylation sites (N-methyl/N-ethyl adjacent to an activating group) is 1. The van der Waals surface area contributed by atoms with Crippen LogP contribution in [0.4, 0.5) is 10.5 Å². The third kappa shape index (κ3) is 4.83. The summed E-state index contributed by atoms with van der Waals surface area (Å²) in [6.07, 6.45) is 3.33. The van der Waals surface area contributed by atoms with Gasteiger partial charge in [-0.15, -0.1) is 0 Å². The number of H-pyrrole nitrogens is 1. The number of ether oxygens (including phenoxy) is 1. The fourth-order valence-corrected chi connectivity index (χ4v) is 3.02. The second-order valence-electron chi connectivity index (χ2n) is 6.34. The molecule has 2 heterocycles. The van der Waals surface area contributed by atoms with Gasteiger partial charge >= 0.3 is 12.0 Å². The van der Waals surface area contributed by atoms with Crippen molar-refractivity contribution in [1.82, 2.24) is 19.8 Å². The van der Waals surface area contributed by atoms with E-state index in [-0.39, 0.29) is 6.03 Å². The number of urea groups is 1. The van der Waals surface area contributed by atoms with Crippen molar-refractivity contribution in [2.24, 2.45) is 0 Å². The van der Waals surface area contributed by atoms with Crippen LogP contribution in [0.3, 0.4) is 0 Å². The van der Waals surface area contributed by atoms with E-state index < -0.39 is 12.0 Å². The van der Waals surface area contributed by atoms with Crippen LogP contribution in [0.5, 0.6) is 0 Å². The highest BCUT2D eigenvalue weighted by Gasteiger charge is 2.25. The molecule has 2 amide bonds. The zero-order chi connectivity index (χ0) is 19.2. The summed E-state index contributed by atoms with van der Waals surface area (Å²) in [5.74, 6) is -0.257. The van der Waals surface area contributed by atoms with Crippen LogP contribution in [0.2, 0.25) is 0 Å². The molecule has 27 heavy (non-hydrogen) atoms. The Morgan fingerprint density at radius 2 is 2.04 bits per heavy atom. The maximum Gasteiger partial charge on any atom is 0.325 e. The first-order valence-electron chi connectivity index (χ1n) is 8.69. The third-order valence-electron chi connectivity index (χ3n) is 4.40. The number of nitrogens with one attached hydrogen (secondary N) is 2. The molecule has 0 saturated carbocycles. The zero-order valence-electron chi connectivity index (χ0n) is 15.1. The summed E-state index contributed by atoms with van der Waals surface area (Å²) < 4.78 is 5.24. The Morgan fingerprint density at radius 3 is 2.63 bits per heavy atom. The van der Waals surface area contributed by atoms with Crippen LogP contribution in [0, 0.1) is 0 Å². The summed E-state index contributed by atoms with van der Waals surface area (Å²) in [6, 6.07) is 5.85. The highest BCUT2D eigenvalue weighted by molar-refractivity contribution is 5.89. The molecule has 1 fully saturated rings. The van der Waals surface area contributed by atoms with E-state index in [9.17, 15) is 14.7 Å². The van der Waals surface area contributed by atoms with Gasteiger partial charge in [-0.2, -0.15) is 0 Å². The van der Waals surface area contributed by atoms with Crippen molar-refractivity contribution in [2.45, 2.75) is 12.6 Å². The third-order valence-corrected chi connectivity index (χ3v) is 4.40. The number of carbonyl (C=O) groups excluding carboxylic acids is 1. The molecule has 1 saturated heterocycles. The largest absolute Gasteiger partial charge is 0.480 e. The zero-order valence-corrected chi connectivity index (χ0v) is 15.1. The Balaban J connectivity index is 1.66. The molecule has 0 bridgehead atoms. The summed E-state index contributed by atoms with van der Waals surface area (Å²) in [5.41, 5.74) is 1.24. The molecule has 144 valence electrons. The summed E-state index contributed by atoms with van der Waals surface area (Å²) in [4.78, 5) is 34.5. The number of hydrogen-bond donors (Lipinski definition) is 3. The molecule has 3 N–H and O–H groups in total. The molecule has 1 aromatic heterocycles. The van der Waals surface area contributed by atoms with Crippen LogP contribution < -0.4 is 5.32 Å². The van der Waals surface area contributed by atoms with Crippen LogP contribution in [0.15, 0.2) is 36.7 Å². The Hall–Kier alpha value is -2.91. The van der Waals surface area contributed by atoms with Crippen LogP contribution in [-0.4, -0.2) is 70.2 Å². The van der Waals surface area contributed by atoms with Gasteiger partial charge in [0.15, 0.2) is 0 Å². The topological polar surface area (TPSA) is 111 Å². The average Bonchev–Trinajstić information content (AvgIpc) is 3.16. The van der Waals surface area contributed by atoms with Gasteiger partial charge in [-0.05, 0) is 24.7 Å². The maximum absolute atomic E-state index is 12.2. The number of anilines is 1. The van der Waals surface area contributed by atoms with E-state index in [1.165, 1.54) is 0 Å². The molecular weight excluding hydrogens is 350 g/mol. The minimum Gasteiger partial charge on any atom is -0.480 e. The van der Waals surface area contributed by atoms with Gasteiger partial charge in [-0.1, -0.05) is 12.1 Å². The quantitative estimate of drug-likeness (QED) is 0.708. The Labute approximate surface area is 156 Å². The number of carboxylic acid groups (broad SMARTS) is 1. The number of aromatic amines is 1. The smallest absolute Gasteiger partial charge is 0.325 e. The number of benzene rings is 1. The lowest BCUT2D eigenvalue weighted by molar-refractivity contribution is -0.143. The lowest BCUT2D eigenvalue weighted by Gasteiger charge is -2.27. The molecule has 9 heteroatoms. The first-order valence-corrected chi connectivity index (χ1v) is 8.69. The Kier molecular flexibility index (Phi) is 6.05. The predicted octanol–water partition coefficient (Wildman–Crippen LogP) is 1.53. The maximum atomic E-state index is 12.2. The molecule has 1 unspecified atom stereocenters. The summed E-state index contributed by atoms with van der Waals surface area (Å²) in [5, 5.41) is 12.5. The van der Waals surface area contributed by atoms with Crippen molar-refractivity contribution in [2.75, 3.05) is 38.7 Å².